The summed E-state index contributed by atoms with van der Waals surface area (Å²) in [5.41, 5.74) is 5.03. The zero-order valence-corrected chi connectivity index (χ0v) is 15.2. The van der Waals surface area contributed by atoms with E-state index in [4.69, 9.17) is 19.2 Å². The summed E-state index contributed by atoms with van der Waals surface area (Å²) < 4.78 is 16.5. The second-order valence-electron chi connectivity index (χ2n) is 6.18. The van der Waals surface area contributed by atoms with E-state index in [0.29, 0.717) is 30.0 Å². The van der Waals surface area contributed by atoms with Gasteiger partial charge < -0.3 is 14.6 Å². The largest absolute Gasteiger partial charge is 0.490 e. The summed E-state index contributed by atoms with van der Waals surface area (Å²) in [6.07, 6.45) is 0. The Labute approximate surface area is 162 Å². The molecule has 1 aromatic heterocycles. The van der Waals surface area contributed by atoms with E-state index in [9.17, 15) is 0 Å². The van der Waals surface area contributed by atoms with Gasteiger partial charge in [-0.15, -0.1) is 0 Å². The van der Waals surface area contributed by atoms with Crippen LogP contribution in [0.2, 0.25) is 0 Å². The van der Waals surface area contributed by atoms with Crippen molar-refractivity contribution >= 4 is 11.0 Å². The van der Waals surface area contributed by atoms with Crippen LogP contribution in [0, 0.1) is 0 Å². The molecule has 0 aliphatic rings. The fourth-order valence-electron chi connectivity index (χ4n) is 3.13. The highest BCUT2D eigenvalue weighted by atomic mass is 16.6. The van der Waals surface area contributed by atoms with Gasteiger partial charge in [0, 0.05) is 5.56 Å². The van der Waals surface area contributed by atoms with Crippen molar-refractivity contribution < 1.29 is 19.2 Å². The Bertz CT molecular complexity index is 1030. The first-order valence-corrected chi connectivity index (χ1v) is 9.10. The molecule has 0 atom stereocenters. The van der Waals surface area contributed by atoms with E-state index in [1.807, 2.05) is 66.7 Å². The van der Waals surface area contributed by atoms with E-state index in [1.165, 1.54) is 0 Å². The molecule has 6 nitrogen and oxygen atoms in total. The Hall–Kier alpha value is -3.22. The maximum atomic E-state index is 8.84. The van der Waals surface area contributed by atoms with Gasteiger partial charge in [-0.1, -0.05) is 60.7 Å². The molecular formula is C22H20N2O4. The maximum absolute atomic E-state index is 8.84. The smallest absolute Gasteiger partial charge is 0.147 e. The van der Waals surface area contributed by atoms with Crippen LogP contribution in [-0.4, -0.2) is 41.8 Å². The highest BCUT2D eigenvalue weighted by Crippen LogP contribution is 2.41. The summed E-state index contributed by atoms with van der Waals surface area (Å²) in [6.45, 7) is 1.01. The van der Waals surface area contributed by atoms with E-state index >= 15 is 0 Å². The first kappa shape index (κ1) is 18.2. The molecule has 0 amide bonds. The van der Waals surface area contributed by atoms with Gasteiger partial charge in [0.25, 0.3) is 0 Å². The topological polar surface area (TPSA) is 77.6 Å². The number of hydrogen-bond donors (Lipinski definition) is 1. The minimum atomic E-state index is -0.00993. The molecular weight excluding hydrogens is 356 g/mol. The molecule has 142 valence electrons. The summed E-state index contributed by atoms with van der Waals surface area (Å²) in [5.74, 6) is 0.681. The highest BCUT2D eigenvalue weighted by Gasteiger charge is 2.20. The van der Waals surface area contributed by atoms with Crippen LogP contribution in [0.1, 0.15) is 0 Å². The van der Waals surface area contributed by atoms with E-state index in [2.05, 4.69) is 10.3 Å². The fraction of sp³-hybridized carbons (Fsp3) is 0.182. The summed E-state index contributed by atoms with van der Waals surface area (Å²) in [7, 11) is 0. The van der Waals surface area contributed by atoms with Crippen LogP contribution in [0.4, 0.5) is 0 Å². The number of aliphatic hydroxyl groups is 1. The number of fused-ring (bicyclic) bond motifs is 1. The first-order valence-electron chi connectivity index (χ1n) is 9.10. The van der Waals surface area contributed by atoms with Gasteiger partial charge >= 0.3 is 0 Å². The van der Waals surface area contributed by atoms with Crippen LogP contribution in [0.3, 0.4) is 0 Å². The Balaban J connectivity index is 1.81. The SMILES string of the molecule is OCCOCCOc1cc(-c2ccccc2)c2nonc2c1-c1ccccc1. The molecule has 28 heavy (non-hydrogen) atoms. The Morgan fingerprint density at radius 2 is 1.46 bits per heavy atom. The van der Waals surface area contributed by atoms with E-state index < -0.39 is 0 Å². The van der Waals surface area contributed by atoms with Crippen molar-refractivity contribution in [3.05, 3.63) is 66.7 Å². The molecule has 3 aromatic carbocycles. The summed E-state index contributed by atoms with van der Waals surface area (Å²) in [6, 6.07) is 21.8. The second kappa shape index (κ2) is 8.65. The lowest BCUT2D eigenvalue weighted by atomic mass is 9.96. The van der Waals surface area contributed by atoms with Crippen molar-refractivity contribution in [1.82, 2.24) is 10.3 Å². The molecule has 1 N–H and O–H groups in total. The number of benzene rings is 3. The number of aliphatic hydroxyl groups excluding tert-OH is 1. The van der Waals surface area contributed by atoms with Crippen LogP contribution in [0.15, 0.2) is 71.4 Å². The summed E-state index contributed by atoms with van der Waals surface area (Å²) in [4.78, 5) is 0. The molecule has 0 saturated carbocycles. The predicted octanol–water partition coefficient (Wildman–Crippen LogP) is 3.94. The van der Waals surface area contributed by atoms with Gasteiger partial charge in [-0.2, -0.15) is 0 Å². The molecule has 0 saturated heterocycles. The molecule has 0 spiro atoms. The molecule has 0 radical (unpaired) electrons. The molecule has 1 heterocycles. The third kappa shape index (κ3) is 3.74. The van der Waals surface area contributed by atoms with Crippen LogP contribution in [0.5, 0.6) is 5.75 Å². The molecule has 0 fully saturated rings. The average molecular weight is 376 g/mol. The lowest BCUT2D eigenvalue weighted by molar-refractivity contribution is 0.0707. The normalized spacial score (nSPS) is 11.0. The van der Waals surface area contributed by atoms with E-state index in [-0.39, 0.29) is 13.2 Å². The molecule has 6 heteroatoms. The lowest BCUT2D eigenvalue weighted by Crippen LogP contribution is -2.09. The first-order chi connectivity index (χ1) is 13.9. The van der Waals surface area contributed by atoms with Gasteiger partial charge in [0.1, 0.15) is 23.4 Å². The van der Waals surface area contributed by atoms with Gasteiger partial charge in [0.05, 0.1) is 25.4 Å². The minimum absolute atomic E-state index is 0.00993. The quantitative estimate of drug-likeness (QED) is 0.469. The Kier molecular flexibility index (Phi) is 5.61. The molecule has 0 aliphatic heterocycles. The number of hydrogen-bond acceptors (Lipinski definition) is 6. The van der Waals surface area contributed by atoms with Gasteiger partial charge in [0.15, 0.2) is 0 Å². The fourth-order valence-corrected chi connectivity index (χ4v) is 3.13. The van der Waals surface area contributed by atoms with Crippen molar-refractivity contribution in [2.45, 2.75) is 0 Å². The third-order valence-electron chi connectivity index (χ3n) is 4.37. The maximum Gasteiger partial charge on any atom is 0.147 e. The number of rotatable bonds is 8. The molecule has 0 bridgehead atoms. The number of nitrogens with zero attached hydrogens (tertiary/aromatic N) is 2. The lowest BCUT2D eigenvalue weighted by Gasteiger charge is -2.14. The van der Waals surface area contributed by atoms with Crippen LogP contribution in [0.25, 0.3) is 33.3 Å². The molecule has 0 unspecified atom stereocenters. The highest BCUT2D eigenvalue weighted by molar-refractivity contribution is 6.02. The zero-order chi connectivity index (χ0) is 19.2. The van der Waals surface area contributed by atoms with E-state index in [0.717, 1.165) is 22.3 Å². The zero-order valence-electron chi connectivity index (χ0n) is 15.2. The third-order valence-corrected chi connectivity index (χ3v) is 4.37. The van der Waals surface area contributed by atoms with Crippen LogP contribution >= 0.6 is 0 Å². The minimum Gasteiger partial charge on any atom is -0.490 e. The van der Waals surface area contributed by atoms with Crippen molar-refractivity contribution in [1.29, 1.82) is 0 Å². The van der Waals surface area contributed by atoms with E-state index in [1.54, 1.807) is 0 Å². The van der Waals surface area contributed by atoms with Gasteiger partial charge in [-0.05, 0) is 27.5 Å². The monoisotopic (exact) mass is 376 g/mol. The molecule has 4 aromatic rings. The second-order valence-corrected chi connectivity index (χ2v) is 6.18. The molecule has 4 rings (SSSR count). The average Bonchev–Trinajstić information content (AvgIpc) is 3.23. The van der Waals surface area contributed by atoms with Gasteiger partial charge in [0.2, 0.25) is 0 Å². The molecule has 0 aliphatic carbocycles. The van der Waals surface area contributed by atoms with Crippen molar-refractivity contribution in [3.63, 3.8) is 0 Å². The summed E-state index contributed by atoms with van der Waals surface area (Å²) in [5, 5.41) is 17.2. The summed E-state index contributed by atoms with van der Waals surface area (Å²) >= 11 is 0. The van der Waals surface area contributed by atoms with Crippen molar-refractivity contribution in [2.24, 2.45) is 0 Å². The van der Waals surface area contributed by atoms with Gasteiger partial charge in [-0.3, -0.25) is 0 Å². The number of ether oxygens (including phenoxy) is 2. The van der Waals surface area contributed by atoms with Crippen molar-refractivity contribution in [2.75, 3.05) is 26.4 Å². The van der Waals surface area contributed by atoms with Gasteiger partial charge in [-0.25, -0.2) is 4.63 Å². The van der Waals surface area contributed by atoms with Crippen LogP contribution < -0.4 is 4.74 Å². The van der Waals surface area contributed by atoms with Crippen molar-refractivity contribution in [3.8, 4) is 28.0 Å². The standard InChI is InChI=1S/C22H20N2O4/c25-11-12-26-13-14-27-19-15-18(16-7-3-1-4-8-16)21-22(24-28-23-21)20(19)17-9-5-2-6-10-17/h1-10,15,25H,11-14H2. The Morgan fingerprint density at radius 3 is 2.18 bits per heavy atom. The Morgan fingerprint density at radius 1 is 0.786 bits per heavy atom. The van der Waals surface area contributed by atoms with Crippen LogP contribution in [-0.2, 0) is 4.74 Å². The number of aromatic nitrogens is 2. The predicted molar refractivity (Wildman–Crippen MR) is 106 cm³/mol.